The highest BCUT2D eigenvalue weighted by Gasteiger charge is 2.28. The largest absolute Gasteiger partial charge is 0.300 e. The van der Waals surface area contributed by atoms with Crippen LogP contribution in [0.5, 0.6) is 0 Å². The van der Waals surface area contributed by atoms with E-state index in [9.17, 15) is 8.42 Å². The smallest absolute Gasteiger partial charge is 0.211 e. The Morgan fingerprint density at radius 1 is 1.11 bits per heavy atom. The lowest BCUT2D eigenvalue weighted by Crippen LogP contribution is -2.47. The van der Waals surface area contributed by atoms with Crippen LogP contribution >= 0.6 is 0 Å². The number of rotatable bonds is 6. The van der Waals surface area contributed by atoms with Gasteiger partial charge in [0, 0.05) is 12.1 Å². The van der Waals surface area contributed by atoms with E-state index >= 15 is 0 Å². The van der Waals surface area contributed by atoms with Crippen molar-refractivity contribution in [1.82, 2.24) is 9.62 Å². The van der Waals surface area contributed by atoms with Crippen LogP contribution in [0.2, 0.25) is 0 Å². The summed E-state index contributed by atoms with van der Waals surface area (Å²) in [4.78, 5) is 2.57. The molecule has 0 radical (unpaired) electrons. The summed E-state index contributed by atoms with van der Waals surface area (Å²) < 4.78 is 26.6. The molecule has 0 amide bonds. The van der Waals surface area contributed by atoms with Crippen molar-refractivity contribution in [2.75, 3.05) is 18.8 Å². The summed E-state index contributed by atoms with van der Waals surface area (Å²) in [6.45, 7) is 4.15. The van der Waals surface area contributed by atoms with Crippen molar-refractivity contribution < 1.29 is 8.42 Å². The molecule has 0 aromatic carbocycles. The summed E-state index contributed by atoms with van der Waals surface area (Å²) >= 11 is 0. The van der Waals surface area contributed by atoms with E-state index in [4.69, 9.17) is 0 Å². The van der Waals surface area contributed by atoms with Crippen molar-refractivity contribution in [3.8, 4) is 0 Å². The molecule has 1 saturated heterocycles. The average molecular weight is 288 g/mol. The third-order valence-corrected chi connectivity index (χ3v) is 6.00. The number of nitrogens with one attached hydrogen (secondary N) is 1. The SMILES string of the molecule is CCCCS(=O)(=O)NC1CCN(C2CCCC2)CC1. The van der Waals surface area contributed by atoms with E-state index in [0.29, 0.717) is 0 Å². The van der Waals surface area contributed by atoms with E-state index in [-0.39, 0.29) is 11.8 Å². The maximum absolute atomic E-state index is 11.9. The lowest BCUT2D eigenvalue weighted by atomic mass is 10.0. The van der Waals surface area contributed by atoms with Crippen molar-refractivity contribution in [2.45, 2.75) is 70.4 Å². The number of nitrogens with zero attached hydrogens (tertiary/aromatic N) is 1. The van der Waals surface area contributed by atoms with Gasteiger partial charge in [0.05, 0.1) is 5.75 Å². The van der Waals surface area contributed by atoms with E-state index in [2.05, 4.69) is 9.62 Å². The molecule has 2 rings (SSSR count). The second-order valence-corrected chi connectivity index (χ2v) is 7.91. The Kier molecular flexibility index (Phi) is 5.66. The Morgan fingerprint density at radius 2 is 1.74 bits per heavy atom. The molecule has 0 aromatic heterocycles. The van der Waals surface area contributed by atoms with Crippen molar-refractivity contribution >= 4 is 10.0 Å². The van der Waals surface area contributed by atoms with Gasteiger partial charge >= 0.3 is 0 Å². The fraction of sp³-hybridized carbons (Fsp3) is 1.00. The molecule has 0 aromatic rings. The number of piperidine rings is 1. The molecule has 19 heavy (non-hydrogen) atoms. The second kappa shape index (κ2) is 7.04. The summed E-state index contributed by atoms with van der Waals surface area (Å²) in [5.74, 6) is 0.284. The molecule has 1 aliphatic carbocycles. The molecule has 0 unspecified atom stereocenters. The van der Waals surface area contributed by atoms with E-state index in [1.165, 1.54) is 25.7 Å². The molecule has 2 fully saturated rings. The predicted molar refractivity (Wildman–Crippen MR) is 78.7 cm³/mol. The monoisotopic (exact) mass is 288 g/mol. The van der Waals surface area contributed by atoms with E-state index in [0.717, 1.165) is 44.8 Å². The Hall–Kier alpha value is -0.130. The van der Waals surface area contributed by atoms with E-state index in [1.54, 1.807) is 0 Å². The minimum atomic E-state index is -3.05. The van der Waals surface area contributed by atoms with E-state index < -0.39 is 10.0 Å². The van der Waals surface area contributed by atoms with Crippen molar-refractivity contribution in [3.05, 3.63) is 0 Å². The average Bonchev–Trinajstić information content (AvgIpc) is 2.91. The third kappa shape index (κ3) is 4.72. The van der Waals surface area contributed by atoms with Crippen LogP contribution in [0.25, 0.3) is 0 Å². The molecular formula is C14H28N2O2S. The fourth-order valence-electron chi connectivity index (χ4n) is 3.30. The first-order chi connectivity index (χ1) is 9.11. The fourth-order valence-corrected chi connectivity index (χ4v) is 4.83. The molecule has 1 heterocycles. The lowest BCUT2D eigenvalue weighted by molar-refractivity contribution is 0.151. The molecule has 0 bridgehead atoms. The maximum atomic E-state index is 11.9. The summed E-state index contributed by atoms with van der Waals surface area (Å²) in [6, 6.07) is 0.942. The highest BCUT2D eigenvalue weighted by Crippen LogP contribution is 2.26. The van der Waals surface area contributed by atoms with Gasteiger partial charge < -0.3 is 4.90 Å². The molecule has 0 spiro atoms. The van der Waals surface area contributed by atoms with Crippen molar-refractivity contribution in [2.24, 2.45) is 0 Å². The predicted octanol–water partition coefficient (Wildman–Crippen LogP) is 2.11. The summed E-state index contributed by atoms with van der Waals surface area (Å²) in [5.41, 5.74) is 0. The zero-order valence-corrected chi connectivity index (χ0v) is 12.9. The van der Waals surface area contributed by atoms with Crippen LogP contribution in [0.1, 0.15) is 58.3 Å². The van der Waals surface area contributed by atoms with Gasteiger partial charge in [0.25, 0.3) is 0 Å². The first kappa shape index (κ1) is 15.3. The minimum absolute atomic E-state index is 0.166. The Bertz CT molecular complexity index is 356. The number of hydrogen-bond donors (Lipinski definition) is 1. The van der Waals surface area contributed by atoms with Gasteiger partial charge in [0.15, 0.2) is 0 Å². The number of hydrogen-bond acceptors (Lipinski definition) is 3. The summed E-state index contributed by atoms with van der Waals surface area (Å²) in [5, 5.41) is 0. The van der Waals surface area contributed by atoms with Crippen molar-refractivity contribution in [1.29, 1.82) is 0 Å². The van der Waals surface area contributed by atoms with E-state index in [1.807, 2.05) is 6.92 Å². The molecule has 1 N–H and O–H groups in total. The molecule has 5 heteroatoms. The van der Waals surface area contributed by atoms with Gasteiger partial charge in [-0.3, -0.25) is 0 Å². The normalized spacial score (nSPS) is 24.1. The second-order valence-electron chi connectivity index (χ2n) is 6.04. The van der Waals surface area contributed by atoms with Crippen LogP contribution in [0.4, 0.5) is 0 Å². The van der Waals surface area contributed by atoms with Crippen LogP contribution in [-0.4, -0.2) is 44.2 Å². The van der Waals surface area contributed by atoms with Gasteiger partial charge in [-0.1, -0.05) is 26.2 Å². The lowest BCUT2D eigenvalue weighted by Gasteiger charge is -2.36. The van der Waals surface area contributed by atoms with Gasteiger partial charge in [-0.25, -0.2) is 13.1 Å². The topological polar surface area (TPSA) is 49.4 Å². The Balaban J connectivity index is 1.73. The van der Waals surface area contributed by atoms with Gasteiger partial charge in [-0.15, -0.1) is 0 Å². The van der Waals surface area contributed by atoms with Gasteiger partial charge in [0.1, 0.15) is 0 Å². The van der Waals surface area contributed by atoms with Crippen LogP contribution < -0.4 is 4.72 Å². The highest BCUT2D eigenvalue weighted by molar-refractivity contribution is 7.89. The Morgan fingerprint density at radius 3 is 2.32 bits per heavy atom. The number of unbranched alkanes of at least 4 members (excludes halogenated alkanes) is 1. The zero-order valence-electron chi connectivity index (χ0n) is 12.1. The molecule has 1 saturated carbocycles. The van der Waals surface area contributed by atoms with Crippen LogP contribution in [-0.2, 0) is 10.0 Å². The number of likely N-dealkylation sites (tertiary alicyclic amines) is 1. The first-order valence-corrected chi connectivity index (χ1v) is 9.50. The van der Waals surface area contributed by atoms with Crippen molar-refractivity contribution in [3.63, 3.8) is 0 Å². The zero-order chi connectivity index (χ0) is 13.7. The van der Waals surface area contributed by atoms with Crippen LogP contribution in [0, 0.1) is 0 Å². The first-order valence-electron chi connectivity index (χ1n) is 7.85. The number of sulfonamides is 1. The Labute approximate surface area is 118 Å². The molecule has 112 valence electrons. The molecular weight excluding hydrogens is 260 g/mol. The summed E-state index contributed by atoms with van der Waals surface area (Å²) in [7, 11) is -3.05. The van der Waals surface area contributed by atoms with Crippen LogP contribution in [0.3, 0.4) is 0 Å². The molecule has 4 nitrogen and oxygen atoms in total. The minimum Gasteiger partial charge on any atom is -0.300 e. The maximum Gasteiger partial charge on any atom is 0.211 e. The standard InChI is InChI=1S/C14H28N2O2S/c1-2-3-12-19(17,18)15-13-8-10-16(11-9-13)14-6-4-5-7-14/h13-15H,2-12H2,1H3. The molecule has 0 atom stereocenters. The van der Waals surface area contributed by atoms with Gasteiger partial charge in [-0.05, 0) is 45.2 Å². The molecule has 2 aliphatic rings. The summed E-state index contributed by atoms with van der Waals surface area (Å²) in [6.07, 6.45) is 9.06. The van der Waals surface area contributed by atoms with Gasteiger partial charge in [-0.2, -0.15) is 0 Å². The van der Waals surface area contributed by atoms with Gasteiger partial charge in [0.2, 0.25) is 10.0 Å². The third-order valence-electron chi connectivity index (χ3n) is 4.48. The quantitative estimate of drug-likeness (QED) is 0.814. The molecule has 1 aliphatic heterocycles. The van der Waals surface area contributed by atoms with Crippen LogP contribution in [0.15, 0.2) is 0 Å². The highest BCUT2D eigenvalue weighted by atomic mass is 32.2.